The third-order valence-electron chi connectivity index (χ3n) is 2.88. The second kappa shape index (κ2) is 6.90. The summed E-state index contributed by atoms with van der Waals surface area (Å²) in [7, 11) is 0. The van der Waals surface area contributed by atoms with Crippen LogP contribution in [0.3, 0.4) is 0 Å². The van der Waals surface area contributed by atoms with Gasteiger partial charge in [-0.15, -0.1) is 0 Å². The smallest absolute Gasteiger partial charge is 0.154 e. The molecule has 3 heteroatoms. The van der Waals surface area contributed by atoms with Gasteiger partial charge in [-0.2, -0.15) is 0 Å². The zero-order chi connectivity index (χ0) is 13.5. The Morgan fingerprint density at radius 1 is 1.05 bits per heavy atom. The van der Waals surface area contributed by atoms with Crippen LogP contribution in [0.4, 0.5) is 0 Å². The summed E-state index contributed by atoms with van der Waals surface area (Å²) in [5.41, 5.74) is 0.605. The molecule has 0 spiro atoms. The van der Waals surface area contributed by atoms with E-state index in [0.717, 1.165) is 30.1 Å². The first-order chi connectivity index (χ1) is 9.36. The summed E-state index contributed by atoms with van der Waals surface area (Å²) in [4.78, 5) is 11.3. The van der Waals surface area contributed by atoms with Crippen molar-refractivity contribution in [3.8, 4) is 5.75 Å². The van der Waals surface area contributed by atoms with Gasteiger partial charge in [0.1, 0.15) is 12.4 Å². The Kier molecular flexibility index (Phi) is 4.93. The van der Waals surface area contributed by atoms with E-state index < -0.39 is 0 Å². The molecule has 19 heavy (non-hydrogen) atoms. The molecule has 2 rings (SSSR count). The van der Waals surface area contributed by atoms with Crippen LogP contribution >= 0.6 is 0 Å². The molecule has 0 aliphatic carbocycles. The van der Waals surface area contributed by atoms with Gasteiger partial charge < -0.3 is 9.47 Å². The van der Waals surface area contributed by atoms with E-state index in [1.165, 1.54) is 0 Å². The quantitative estimate of drug-likeness (QED) is 0.563. The lowest BCUT2D eigenvalue weighted by Gasteiger charge is -2.10. The summed E-state index contributed by atoms with van der Waals surface area (Å²) in [5.74, 6) is 0.619. The van der Waals surface area contributed by atoms with Crippen molar-refractivity contribution in [3.05, 3.63) is 42.0 Å². The molecule has 0 atom stereocenters. The monoisotopic (exact) mass is 258 g/mol. The molecule has 0 fully saturated rings. The Morgan fingerprint density at radius 2 is 1.89 bits per heavy atom. The summed E-state index contributed by atoms with van der Waals surface area (Å²) in [6.07, 6.45) is 1.85. The second-order valence-electron chi connectivity index (χ2n) is 4.28. The van der Waals surface area contributed by atoms with Gasteiger partial charge in [0, 0.05) is 6.61 Å². The molecule has 0 radical (unpaired) electrons. The molecular weight excluding hydrogens is 240 g/mol. The van der Waals surface area contributed by atoms with Crippen LogP contribution in [0, 0.1) is 0 Å². The fourth-order valence-corrected chi connectivity index (χ4v) is 1.98. The summed E-state index contributed by atoms with van der Waals surface area (Å²) >= 11 is 0. The van der Waals surface area contributed by atoms with Gasteiger partial charge >= 0.3 is 0 Å². The molecule has 0 aromatic heterocycles. The van der Waals surface area contributed by atoms with Crippen LogP contribution in [0.2, 0.25) is 0 Å². The number of carbonyl (C=O) groups is 1. The highest BCUT2D eigenvalue weighted by molar-refractivity contribution is 6.00. The number of hydrogen-bond donors (Lipinski definition) is 0. The lowest BCUT2D eigenvalue weighted by molar-refractivity contribution is 0.0993. The zero-order valence-corrected chi connectivity index (χ0v) is 11.1. The first-order valence-corrected chi connectivity index (χ1v) is 6.54. The van der Waals surface area contributed by atoms with Gasteiger partial charge in [0.15, 0.2) is 6.29 Å². The predicted molar refractivity (Wildman–Crippen MR) is 75.9 cm³/mol. The van der Waals surface area contributed by atoms with Gasteiger partial charge in [-0.1, -0.05) is 37.3 Å². The van der Waals surface area contributed by atoms with E-state index in [2.05, 4.69) is 6.92 Å². The molecule has 0 saturated carbocycles. The standard InChI is InChI=1S/C16H18O3/c1-2-9-18-10-11-19-16-8-7-13-5-3-4-6-14(13)15(16)12-17/h3-8,12H,2,9-11H2,1H3. The van der Waals surface area contributed by atoms with Gasteiger partial charge in [0.05, 0.1) is 12.2 Å². The average molecular weight is 258 g/mol. The van der Waals surface area contributed by atoms with Crippen LogP contribution in [-0.4, -0.2) is 26.1 Å². The normalized spacial score (nSPS) is 10.6. The van der Waals surface area contributed by atoms with E-state index >= 15 is 0 Å². The molecule has 0 heterocycles. The lowest BCUT2D eigenvalue weighted by atomic mass is 10.0. The molecule has 2 aromatic carbocycles. The summed E-state index contributed by atoms with van der Waals surface area (Å²) in [5, 5.41) is 1.96. The van der Waals surface area contributed by atoms with Crippen molar-refractivity contribution in [2.24, 2.45) is 0 Å². The van der Waals surface area contributed by atoms with E-state index in [4.69, 9.17) is 9.47 Å². The topological polar surface area (TPSA) is 35.5 Å². The minimum atomic E-state index is 0.458. The van der Waals surface area contributed by atoms with Crippen molar-refractivity contribution in [1.82, 2.24) is 0 Å². The minimum Gasteiger partial charge on any atom is -0.490 e. The number of fused-ring (bicyclic) bond motifs is 1. The third-order valence-corrected chi connectivity index (χ3v) is 2.88. The van der Waals surface area contributed by atoms with Gasteiger partial charge in [-0.05, 0) is 23.3 Å². The molecule has 0 amide bonds. The van der Waals surface area contributed by atoms with Crippen LogP contribution in [0.1, 0.15) is 23.7 Å². The van der Waals surface area contributed by atoms with Crippen LogP contribution in [0.5, 0.6) is 5.75 Å². The zero-order valence-electron chi connectivity index (χ0n) is 11.1. The first-order valence-electron chi connectivity index (χ1n) is 6.54. The number of carbonyl (C=O) groups excluding carboxylic acids is 1. The number of ether oxygens (including phenoxy) is 2. The molecule has 0 aliphatic rings. The lowest BCUT2D eigenvalue weighted by Crippen LogP contribution is -2.08. The Morgan fingerprint density at radius 3 is 2.68 bits per heavy atom. The van der Waals surface area contributed by atoms with Crippen molar-refractivity contribution in [2.45, 2.75) is 13.3 Å². The van der Waals surface area contributed by atoms with Crippen molar-refractivity contribution in [3.63, 3.8) is 0 Å². The number of hydrogen-bond acceptors (Lipinski definition) is 3. The third kappa shape index (κ3) is 3.32. The van der Waals surface area contributed by atoms with Gasteiger partial charge in [-0.3, -0.25) is 4.79 Å². The van der Waals surface area contributed by atoms with Crippen molar-refractivity contribution in [2.75, 3.05) is 19.8 Å². The molecule has 0 unspecified atom stereocenters. The van der Waals surface area contributed by atoms with E-state index in [1.807, 2.05) is 36.4 Å². The number of rotatable bonds is 7. The van der Waals surface area contributed by atoms with Crippen molar-refractivity contribution >= 4 is 17.1 Å². The predicted octanol–water partition coefficient (Wildman–Crippen LogP) is 3.46. The summed E-state index contributed by atoms with van der Waals surface area (Å²) in [6, 6.07) is 11.6. The van der Waals surface area contributed by atoms with Gasteiger partial charge in [0.2, 0.25) is 0 Å². The van der Waals surface area contributed by atoms with E-state index in [0.29, 0.717) is 24.5 Å². The van der Waals surface area contributed by atoms with Crippen molar-refractivity contribution in [1.29, 1.82) is 0 Å². The summed E-state index contributed by atoms with van der Waals surface area (Å²) in [6.45, 7) is 3.80. The molecule has 2 aromatic rings. The molecular formula is C16H18O3. The van der Waals surface area contributed by atoms with Crippen LogP contribution in [-0.2, 0) is 4.74 Å². The summed E-state index contributed by atoms with van der Waals surface area (Å²) < 4.78 is 11.0. The number of benzene rings is 2. The fourth-order valence-electron chi connectivity index (χ4n) is 1.98. The molecule has 100 valence electrons. The Labute approximate surface area is 113 Å². The van der Waals surface area contributed by atoms with E-state index in [1.54, 1.807) is 0 Å². The minimum absolute atomic E-state index is 0.458. The maximum atomic E-state index is 11.3. The molecule has 0 N–H and O–H groups in total. The highest BCUT2D eigenvalue weighted by Gasteiger charge is 2.07. The highest BCUT2D eigenvalue weighted by atomic mass is 16.5. The second-order valence-corrected chi connectivity index (χ2v) is 4.28. The van der Waals surface area contributed by atoms with E-state index in [9.17, 15) is 4.79 Å². The van der Waals surface area contributed by atoms with Crippen LogP contribution < -0.4 is 4.74 Å². The number of aldehydes is 1. The molecule has 0 aliphatic heterocycles. The Bertz CT molecular complexity index is 549. The van der Waals surface area contributed by atoms with Gasteiger partial charge in [0.25, 0.3) is 0 Å². The molecule has 3 nitrogen and oxygen atoms in total. The fraction of sp³-hybridized carbons (Fsp3) is 0.312. The van der Waals surface area contributed by atoms with Gasteiger partial charge in [-0.25, -0.2) is 0 Å². The highest BCUT2D eigenvalue weighted by Crippen LogP contribution is 2.26. The molecule has 0 bridgehead atoms. The Balaban J connectivity index is 2.12. The largest absolute Gasteiger partial charge is 0.490 e. The van der Waals surface area contributed by atoms with E-state index in [-0.39, 0.29) is 0 Å². The van der Waals surface area contributed by atoms with Crippen LogP contribution in [0.25, 0.3) is 10.8 Å². The van der Waals surface area contributed by atoms with Crippen molar-refractivity contribution < 1.29 is 14.3 Å². The average Bonchev–Trinajstić information content (AvgIpc) is 2.46. The molecule has 0 saturated heterocycles. The van der Waals surface area contributed by atoms with Crippen LogP contribution in [0.15, 0.2) is 36.4 Å². The maximum absolute atomic E-state index is 11.3. The SMILES string of the molecule is CCCOCCOc1ccc2ccccc2c1C=O. The Hall–Kier alpha value is -1.87. The maximum Gasteiger partial charge on any atom is 0.154 e. The first kappa shape index (κ1) is 13.6.